The lowest BCUT2D eigenvalue weighted by molar-refractivity contribution is 0.398. The van der Waals surface area contributed by atoms with Crippen molar-refractivity contribution in [1.82, 2.24) is 0 Å². The van der Waals surface area contributed by atoms with Crippen molar-refractivity contribution in [2.75, 3.05) is 13.8 Å². The van der Waals surface area contributed by atoms with E-state index in [1.807, 2.05) is 0 Å². The summed E-state index contributed by atoms with van der Waals surface area (Å²) in [6.07, 6.45) is 0. The van der Waals surface area contributed by atoms with Gasteiger partial charge in [0.05, 0.1) is 13.2 Å². The number of ether oxygens (including phenoxy) is 1. The third-order valence-corrected chi connectivity index (χ3v) is 1.80. The molecule has 0 aliphatic rings. The van der Waals surface area contributed by atoms with Crippen molar-refractivity contribution in [3.05, 3.63) is 23.8 Å². The average molecular weight is 185 g/mol. The van der Waals surface area contributed by atoms with Crippen LogP contribution in [0.5, 0.6) is 11.5 Å². The van der Waals surface area contributed by atoms with Crippen molar-refractivity contribution in [2.24, 2.45) is 5.73 Å². The van der Waals surface area contributed by atoms with Gasteiger partial charge in [-0.25, -0.2) is 4.39 Å². The molecule has 0 saturated carbocycles. The molecule has 1 aromatic rings. The monoisotopic (exact) mass is 185 g/mol. The molecule has 0 fully saturated rings. The van der Waals surface area contributed by atoms with Crippen LogP contribution in [-0.2, 0) is 0 Å². The Kier molecular flexibility index (Phi) is 3.08. The highest BCUT2D eigenvalue weighted by molar-refractivity contribution is 5.41. The maximum absolute atomic E-state index is 12.2. The van der Waals surface area contributed by atoms with Crippen molar-refractivity contribution in [3.63, 3.8) is 0 Å². The molecular formula is C9H12FNO2. The van der Waals surface area contributed by atoms with Crippen molar-refractivity contribution in [2.45, 2.75) is 6.04 Å². The van der Waals surface area contributed by atoms with Gasteiger partial charge in [-0.2, -0.15) is 0 Å². The van der Waals surface area contributed by atoms with E-state index < -0.39 is 12.7 Å². The Morgan fingerprint density at radius 3 is 2.85 bits per heavy atom. The number of alkyl halides is 1. The molecule has 0 aliphatic heterocycles. The number of rotatable bonds is 3. The van der Waals surface area contributed by atoms with Crippen LogP contribution < -0.4 is 10.5 Å². The van der Waals surface area contributed by atoms with Gasteiger partial charge in [0.2, 0.25) is 0 Å². The van der Waals surface area contributed by atoms with Gasteiger partial charge in [0.1, 0.15) is 18.2 Å². The molecule has 72 valence electrons. The lowest BCUT2D eigenvalue weighted by Crippen LogP contribution is -2.12. The molecule has 0 radical (unpaired) electrons. The van der Waals surface area contributed by atoms with Crippen LogP contribution in [0.25, 0.3) is 0 Å². The molecule has 3 nitrogen and oxygen atoms in total. The molecule has 1 atom stereocenters. The Morgan fingerprint density at radius 1 is 1.62 bits per heavy atom. The first-order valence-corrected chi connectivity index (χ1v) is 3.87. The number of phenols is 1. The summed E-state index contributed by atoms with van der Waals surface area (Å²) in [7, 11) is 1.50. The Labute approximate surface area is 75.9 Å². The van der Waals surface area contributed by atoms with Crippen LogP contribution in [0.2, 0.25) is 0 Å². The summed E-state index contributed by atoms with van der Waals surface area (Å²) in [6.45, 7) is -0.708. The van der Waals surface area contributed by atoms with Gasteiger partial charge in [0.25, 0.3) is 0 Å². The van der Waals surface area contributed by atoms with Gasteiger partial charge < -0.3 is 15.6 Å². The maximum Gasteiger partial charge on any atom is 0.120 e. The Balaban J connectivity index is 3.03. The van der Waals surface area contributed by atoms with E-state index in [0.29, 0.717) is 11.3 Å². The van der Waals surface area contributed by atoms with Crippen molar-refractivity contribution in [1.29, 1.82) is 0 Å². The van der Waals surface area contributed by atoms with Gasteiger partial charge in [0, 0.05) is 5.56 Å². The summed E-state index contributed by atoms with van der Waals surface area (Å²) in [4.78, 5) is 0. The lowest BCUT2D eigenvalue weighted by Gasteiger charge is -2.10. The second kappa shape index (κ2) is 4.09. The number of hydrogen-bond donors (Lipinski definition) is 2. The van der Waals surface area contributed by atoms with E-state index in [2.05, 4.69) is 0 Å². The van der Waals surface area contributed by atoms with Crippen LogP contribution in [0.3, 0.4) is 0 Å². The molecule has 0 amide bonds. The van der Waals surface area contributed by atoms with Crippen LogP contribution in [-0.4, -0.2) is 18.9 Å². The number of benzene rings is 1. The Morgan fingerprint density at radius 2 is 2.31 bits per heavy atom. The molecule has 0 unspecified atom stereocenters. The molecule has 0 aliphatic carbocycles. The molecule has 0 bridgehead atoms. The lowest BCUT2D eigenvalue weighted by atomic mass is 10.1. The summed E-state index contributed by atoms with van der Waals surface area (Å²) in [5.41, 5.74) is 5.79. The number of aromatic hydroxyl groups is 1. The molecule has 0 aromatic heterocycles. The maximum atomic E-state index is 12.2. The molecule has 0 heterocycles. The highest BCUT2D eigenvalue weighted by Gasteiger charge is 2.11. The molecule has 13 heavy (non-hydrogen) atoms. The van der Waals surface area contributed by atoms with E-state index in [1.54, 1.807) is 6.07 Å². The van der Waals surface area contributed by atoms with Gasteiger partial charge in [-0.15, -0.1) is 0 Å². The highest BCUT2D eigenvalue weighted by atomic mass is 19.1. The smallest absolute Gasteiger partial charge is 0.120 e. The number of methoxy groups -OCH3 is 1. The molecule has 4 heteroatoms. The van der Waals surface area contributed by atoms with Crippen molar-refractivity contribution >= 4 is 0 Å². The number of halogens is 1. The van der Waals surface area contributed by atoms with E-state index >= 15 is 0 Å². The first kappa shape index (κ1) is 9.80. The number of phenolic OH excluding ortho intramolecular Hbond substituents is 1. The Bertz CT molecular complexity index is 291. The third kappa shape index (κ3) is 2.09. The fourth-order valence-corrected chi connectivity index (χ4v) is 1.04. The molecule has 1 rings (SSSR count). The van der Waals surface area contributed by atoms with Gasteiger partial charge >= 0.3 is 0 Å². The molecule has 0 saturated heterocycles. The van der Waals surface area contributed by atoms with Crippen LogP contribution >= 0.6 is 0 Å². The quantitative estimate of drug-likeness (QED) is 0.747. The number of hydrogen-bond acceptors (Lipinski definition) is 3. The standard InChI is InChI=1S/C9H12FNO2/c1-13-6-2-3-9(12)7(4-6)8(11)5-10/h2-4,8,12H,5,11H2,1H3/t8-/m1/s1. The van der Waals surface area contributed by atoms with Crippen LogP contribution in [0, 0.1) is 0 Å². The first-order chi connectivity index (χ1) is 6.19. The first-order valence-electron chi connectivity index (χ1n) is 3.87. The summed E-state index contributed by atoms with van der Waals surface area (Å²) in [5.74, 6) is 0.544. The predicted molar refractivity (Wildman–Crippen MR) is 47.6 cm³/mol. The average Bonchev–Trinajstić information content (AvgIpc) is 2.17. The van der Waals surface area contributed by atoms with Gasteiger partial charge in [0.15, 0.2) is 0 Å². The minimum atomic E-state index is -0.796. The van der Waals surface area contributed by atoms with Gasteiger partial charge in [-0.1, -0.05) is 0 Å². The zero-order valence-electron chi connectivity index (χ0n) is 7.33. The molecule has 3 N–H and O–H groups in total. The zero-order valence-corrected chi connectivity index (χ0v) is 7.33. The van der Waals surface area contributed by atoms with E-state index in [0.717, 1.165) is 0 Å². The largest absolute Gasteiger partial charge is 0.508 e. The Hall–Kier alpha value is -1.29. The molecular weight excluding hydrogens is 173 g/mol. The van der Waals surface area contributed by atoms with Gasteiger partial charge in [-0.05, 0) is 18.2 Å². The van der Waals surface area contributed by atoms with E-state index in [9.17, 15) is 9.50 Å². The topological polar surface area (TPSA) is 55.5 Å². The predicted octanol–water partition coefficient (Wildman–Crippen LogP) is 1.37. The van der Waals surface area contributed by atoms with Crippen LogP contribution in [0.4, 0.5) is 4.39 Å². The van der Waals surface area contributed by atoms with Gasteiger partial charge in [-0.3, -0.25) is 0 Å². The summed E-state index contributed by atoms with van der Waals surface area (Å²) in [5, 5.41) is 9.33. The fourth-order valence-electron chi connectivity index (χ4n) is 1.04. The second-order valence-electron chi connectivity index (χ2n) is 2.69. The zero-order chi connectivity index (χ0) is 9.84. The minimum Gasteiger partial charge on any atom is -0.508 e. The molecule has 1 aromatic carbocycles. The van der Waals surface area contributed by atoms with E-state index in [4.69, 9.17) is 10.5 Å². The fraction of sp³-hybridized carbons (Fsp3) is 0.333. The normalized spacial score (nSPS) is 12.5. The summed E-state index contributed by atoms with van der Waals surface area (Å²) >= 11 is 0. The van der Waals surface area contributed by atoms with Crippen LogP contribution in [0.1, 0.15) is 11.6 Å². The summed E-state index contributed by atoms with van der Waals surface area (Å²) < 4.78 is 17.1. The van der Waals surface area contributed by atoms with E-state index in [-0.39, 0.29) is 5.75 Å². The number of nitrogens with two attached hydrogens (primary N) is 1. The minimum absolute atomic E-state index is 0.00838. The van der Waals surface area contributed by atoms with E-state index in [1.165, 1.54) is 19.2 Å². The second-order valence-corrected chi connectivity index (χ2v) is 2.69. The van der Waals surface area contributed by atoms with Crippen molar-refractivity contribution in [3.8, 4) is 11.5 Å². The van der Waals surface area contributed by atoms with Crippen LogP contribution in [0.15, 0.2) is 18.2 Å². The van der Waals surface area contributed by atoms with Crippen molar-refractivity contribution < 1.29 is 14.2 Å². The third-order valence-electron chi connectivity index (χ3n) is 1.80. The molecule has 0 spiro atoms. The highest BCUT2D eigenvalue weighted by Crippen LogP contribution is 2.27. The summed E-state index contributed by atoms with van der Waals surface area (Å²) in [6, 6.07) is 3.75. The SMILES string of the molecule is COc1ccc(O)c([C@H](N)CF)c1.